The van der Waals surface area contributed by atoms with Gasteiger partial charge >= 0.3 is 5.97 Å². The lowest BCUT2D eigenvalue weighted by Crippen LogP contribution is -2.26. The summed E-state index contributed by atoms with van der Waals surface area (Å²) in [5, 5.41) is -0.350. The predicted octanol–water partition coefficient (Wildman–Crippen LogP) is 4.79. The van der Waals surface area contributed by atoms with Gasteiger partial charge in [0.1, 0.15) is 9.57 Å². The molecule has 0 aromatic heterocycles. The molecule has 23 heavy (non-hydrogen) atoms. The monoisotopic (exact) mass is 345 g/mol. The van der Waals surface area contributed by atoms with Crippen molar-refractivity contribution in [2.24, 2.45) is 0 Å². The van der Waals surface area contributed by atoms with Gasteiger partial charge in [-0.25, -0.2) is 0 Å². The van der Waals surface area contributed by atoms with Crippen molar-refractivity contribution >= 4 is 45.6 Å². The van der Waals surface area contributed by atoms with Crippen molar-refractivity contribution in [3.63, 3.8) is 0 Å². The van der Waals surface area contributed by atoms with Crippen LogP contribution in [0.2, 0.25) is 0 Å². The van der Waals surface area contributed by atoms with Crippen LogP contribution in [0.1, 0.15) is 13.8 Å². The molecule has 0 amide bonds. The number of nitrogens with zero attached hydrogens (tertiary/aromatic N) is 1. The van der Waals surface area contributed by atoms with Crippen molar-refractivity contribution < 1.29 is 9.53 Å². The van der Waals surface area contributed by atoms with E-state index in [2.05, 4.69) is 0 Å². The second-order valence-corrected chi connectivity index (χ2v) is 6.76. The number of esters is 1. The zero-order valence-electron chi connectivity index (χ0n) is 13.1. The number of carbonyl (C=O) groups excluding carboxylic acids is 1. The number of thiocarbonyl (C=S) groups is 1. The fourth-order valence-corrected chi connectivity index (χ4v) is 3.45. The van der Waals surface area contributed by atoms with Crippen LogP contribution in [0.3, 0.4) is 0 Å². The van der Waals surface area contributed by atoms with Crippen LogP contribution >= 0.6 is 24.0 Å². The molecule has 120 valence electrons. The second kappa shape index (κ2) is 8.70. The molecule has 0 saturated carbocycles. The molecule has 0 aliphatic heterocycles. The standard InChI is InChI=1S/C18H19NO2S2/c1-3-21-17(20)14(2)23-18(22)19(15-10-6-4-7-11-15)16-12-8-5-9-13-16/h4-14H,3H2,1-2H3. The highest BCUT2D eigenvalue weighted by Crippen LogP contribution is 2.30. The highest BCUT2D eigenvalue weighted by molar-refractivity contribution is 8.24. The minimum Gasteiger partial charge on any atom is -0.465 e. The number of hydrogen-bond donors (Lipinski definition) is 0. The van der Waals surface area contributed by atoms with Crippen LogP contribution < -0.4 is 4.90 Å². The van der Waals surface area contributed by atoms with E-state index in [1.807, 2.05) is 72.5 Å². The molecule has 0 N–H and O–H groups in total. The molecule has 0 spiro atoms. The van der Waals surface area contributed by atoms with E-state index in [9.17, 15) is 4.79 Å². The minimum atomic E-state index is -0.350. The summed E-state index contributed by atoms with van der Waals surface area (Å²) in [4.78, 5) is 13.8. The van der Waals surface area contributed by atoms with Crippen molar-refractivity contribution in [1.29, 1.82) is 0 Å². The Morgan fingerprint density at radius 2 is 1.57 bits per heavy atom. The third-order valence-corrected chi connectivity index (χ3v) is 4.51. The van der Waals surface area contributed by atoms with Gasteiger partial charge in [0.2, 0.25) is 0 Å². The average molecular weight is 345 g/mol. The van der Waals surface area contributed by atoms with Crippen LogP contribution in [0.5, 0.6) is 0 Å². The molecule has 0 radical (unpaired) electrons. The Morgan fingerprint density at radius 3 is 2.00 bits per heavy atom. The lowest BCUT2D eigenvalue weighted by atomic mass is 10.2. The van der Waals surface area contributed by atoms with Crippen LogP contribution in [-0.2, 0) is 9.53 Å². The van der Waals surface area contributed by atoms with E-state index in [1.54, 1.807) is 6.92 Å². The van der Waals surface area contributed by atoms with Crippen molar-refractivity contribution in [3.8, 4) is 0 Å². The number of hydrogen-bond acceptors (Lipinski definition) is 4. The number of anilines is 2. The van der Waals surface area contributed by atoms with Gasteiger partial charge in [0, 0.05) is 11.4 Å². The lowest BCUT2D eigenvalue weighted by Gasteiger charge is -2.26. The van der Waals surface area contributed by atoms with E-state index in [1.165, 1.54) is 11.8 Å². The Kier molecular flexibility index (Phi) is 6.62. The van der Waals surface area contributed by atoms with Gasteiger partial charge in [-0.3, -0.25) is 9.69 Å². The molecule has 1 atom stereocenters. The molecule has 5 heteroatoms. The smallest absolute Gasteiger partial charge is 0.319 e. The first-order chi connectivity index (χ1) is 11.1. The number of carbonyl (C=O) groups is 1. The summed E-state index contributed by atoms with van der Waals surface area (Å²) >= 11 is 6.93. The van der Waals surface area contributed by atoms with Gasteiger partial charge in [-0.1, -0.05) is 60.4 Å². The van der Waals surface area contributed by atoms with Gasteiger partial charge in [0.05, 0.1) is 6.61 Å². The van der Waals surface area contributed by atoms with Crippen LogP contribution in [-0.4, -0.2) is 22.1 Å². The van der Waals surface area contributed by atoms with Crippen LogP contribution in [0.25, 0.3) is 0 Å². The van der Waals surface area contributed by atoms with Gasteiger partial charge < -0.3 is 4.74 Å². The zero-order chi connectivity index (χ0) is 16.7. The van der Waals surface area contributed by atoms with E-state index >= 15 is 0 Å². The molecule has 0 saturated heterocycles. The summed E-state index contributed by atoms with van der Waals surface area (Å²) in [7, 11) is 0. The first kappa shape index (κ1) is 17.5. The normalized spacial score (nSPS) is 11.6. The molecule has 2 rings (SSSR count). The average Bonchev–Trinajstić information content (AvgIpc) is 2.57. The van der Waals surface area contributed by atoms with Gasteiger partial charge in [0.15, 0.2) is 0 Å². The Labute approximate surface area is 146 Å². The van der Waals surface area contributed by atoms with Gasteiger partial charge in [-0.05, 0) is 38.1 Å². The lowest BCUT2D eigenvalue weighted by molar-refractivity contribution is -0.142. The Balaban J connectivity index is 2.24. The van der Waals surface area contributed by atoms with E-state index in [0.29, 0.717) is 10.9 Å². The molecule has 3 nitrogen and oxygen atoms in total. The third-order valence-electron chi connectivity index (χ3n) is 3.11. The molecule has 2 aromatic carbocycles. The molecule has 0 aliphatic rings. The summed E-state index contributed by atoms with van der Waals surface area (Å²) in [6, 6.07) is 19.8. The first-order valence-corrected chi connectivity index (χ1v) is 8.69. The number of rotatable bonds is 5. The maximum Gasteiger partial charge on any atom is 0.319 e. The van der Waals surface area contributed by atoms with Crippen molar-refractivity contribution in [2.75, 3.05) is 11.5 Å². The summed E-state index contributed by atoms with van der Waals surface area (Å²) < 4.78 is 5.67. The van der Waals surface area contributed by atoms with Crippen LogP contribution in [0.15, 0.2) is 60.7 Å². The van der Waals surface area contributed by atoms with Crippen LogP contribution in [0.4, 0.5) is 11.4 Å². The summed E-state index contributed by atoms with van der Waals surface area (Å²) in [5.41, 5.74) is 1.93. The Hall–Kier alpha value is -1.85. The SMILES string of the molecule is CCOC(=O)C(C)SC(=S)N(c1ccccc1)c1ccccc1. The maximum absolute atomic E-state index is 11.9. The van der Waals surface area contributed by atoms with E-state index < -0.39 is 0 Å². The predicted molar refractivity (Wildman–Crippen MR) is 101 cm³/mol. The summed E-state index contributed by atoms with van der Waals surface area (Å²) in [5.74, 6) is -0.249. The highest BCUT2D eigenvalue weighted by Gasteiger charge is 2.22. The molecular weight excluding hydrogens is 326 g/mol. The van der Waals surface area contributed by atoms with Crippen molar-refractivity contribution in [3.05, 3.63) is 60.7 Å². The molecule has 2 aromatic rings. The topological polar surface area (TPSA) is 29.5 Å². The first-order valence-electron chi connectivity index (χ1n) is 7.41. The minimum absolute atomic E-state index is 0.249. The van der Waals surface area contributed by atoms with Gasteiger partial charge in [0.25, 0.3) is 0 Å². The van der Waals surface area contributed by atoms with Crippen molar-refractivity contribution in [1.82, 2.24) is 0 Å². The Bertz CT molecular complexity index is 607. The molecule has 1 unspecified atom stereocenters. The fourth-order valence-electron chi connectivity index (χ4n) is 2.03. The molecule has 0 fully saturated rings. The number of thioether (sulfide) groups is 1. The summed E-state index contributed by atoms with van der Waals surface area (Å²) in [6.45, 7) is 3.98. The molecule has 0 aliphatic carbocycles. The number of para-hydroxylation sites is 2. The number of benzene rings is 2. The highest BCUT2D eigenvalue weighted by atomic mass is 32.2. The third kappa shape index (κ3) is 4.81. The Morgan fingerprint density at radius 1 is 1.09 bits per heavy atom. The van der Waals surface area contributed by atoms with E-state index in [0.717, 1.165) is 11.4 Å². The molecule has 0 heterocycles. The molecular formula is C18H19NO2S2. The van der Waals surface area contributed by atoms with Gasteiger partial charge in [-0.2, -0.15) is 0 Å². The second-order valence-electron chi connectivity index (χ2n) is 4.78. The van der Waals surface area contributed by atoms with Crippen molar-refractivity contribution in [2.45, 2.75) is 19.1 Å². The maximum atomic E-state index is 11.9. The fraction of sp³-hybridized carbons (Fsp3) is 0.222. The quantitative estimate of drug-likeness (QED) is 0.574. The largest absolute Gasteiger partial charge is 0.465 e. The van der Waals surface area contributed by atoms with Gasteiger partial charge in [-0.15, -0.1) is 0 Å². The summed E-state index contributed by atoms with van der Waals surface area (Å²) in [6.07, 6.45) is 0. The zero-order valence-corrected chi connectivity index (χ0v) is 14.8. The van der Waals surface area contributed by atoms with E-state index in [-0.39, 0.29) is 11.2 Å². The van der Waals surface area contributed by atoms with E-state index in [4.69, 9.17) is 17.0 Å². The number of ether oxygens (including phenoxy) is 1. The van der Waals surface area contributed by atoms with Crippen LogP contribution in [0, 0.1) is 0 Å². The molecule has 0 bridgehead atoms.